The molecule has 6 atom stereocenters. The van der Waals surface area contributed by atoms with Crippen LogP contribution in [0.15, 0.2) is 12.2 Å². The number of unbranched alkanes of at least 4 members (excludes halogenated alkanes) is 37. The first-order valence-corrected chi connectivity index (χ1v) is 30.5. The molecule has 12 nitrogen and oxygen atoms in total. The molecule has 0 radical (unpaired) electrons. The van der Waals surface area contributed by atoms with E-state index in [0.717, 1.165) is 38.5 Å². The minimum atomic E-state index is -5.02. The van der Waals surface area contributed by atoms with Crippen molar-refractivity contribution in [3.8, 4) is 0 Å². The molecule has 6 N–H and O–H groups in total. The topological polar surface area (TPSA) is 192 Å². The van der Waals surface area contributed by atoms with Crippen molar-refractivity contribution in [1.82, 2.24) is 0 Å². The van der Waals surface area contributed by atoms with E-state index in [0.29, 0.717) is 13.0 Å². The van der Waals surface area contributed by atoms with Gasteiger partial charge in [0.1, 0.15) is 42.7 Å². The third-order valence-electron chi connectivity index (χ3n) is 13.9. The van der Waals surface area contributed by atoms with Crippen molar-refractivity contribution < 1.29 is 58.3 Å². The van der Waals surface area contributed by atoms with Gasteiger partial charge in [0.15, 0.2) is 0 Å². The van der Waals surface area contributed by atoms with E-state index in [1.165, 1.54) is 212 Å². The lowest BCUT2D eigenvalue weighted by Crippen LogP contribution is -2.64. The summed E-state index contributed by atoms with van der Waals surface area (Å²) in [6.45, 7) is 4.33. The van der Waals surface area contributed by atoms with Crippen LogP contribution in [0.5, 0.6) is 0 Å². The maximum atomic E-state index is 12.9. The molecule has 1 aliphatic rings. The second-order valence-electron chi connectivity index (χ2n) is 20.5. The Morgan fingerprint density at radius 3 is 1.14 bits per heavy atom. The SMILES string of the molecule is CCCCCCCCCC/C=C\CCCCCCCCCCCC(=O)OC(COCCCCCCCCCCCCCCCCCCCCCCC)COP(=O)(O)OC1C(O)C(O)C(O)C(O)C1O. The molecule has 1 rings (SSSR count). The van der Waals surface area contributed by atoms with Crippen LogP contribution in [0, 0.1) is 0 Å². The largest absolute Gasteiger partial charge is 0.472 e. The molecule has 0 spiro atoms. The van der Waals surface area contributed by atoms with Crippen LogP contribution in [0.25, 0.3) is 0 Å². The fourth-order valence-electron chi connectivity index (χ4n) is 9.30. The average molecular weight is 1010 g/mol. The number of aliphatic hydroxyl groups excluding tert-OH is 5. The molecule has 0 aromatic heterocycles. The number of carbonyl (C=O) groups excluding carboxylic acids is 1. The summed E-state index contributed by atoms with van der Waals surface area (Å²) in [6, 6.07) is 0. The molecular formula is C56H109O12P. The first-order chi connectivity index (χ1) is 33.5. The van der Waals surface area contributed by atoms with Crippen molar-refractivity contribution in [3.05, 3.63) is 12.2 Å². The normalized spacial score (nSPS) is 21.0. The van der Waals surface area contributed by atoms with Crippen molar-refractivity contribution in [2.75, 3.05) is 19.8 Å². The summed E-state index contributed by atoms with van der Waals surface area (Å²) in [6.07, 6.45) is 42.8. The first-order valence-electron chi connectivity index (χ1n) is 29.0. The van der Waals surface area contributed by atoms with Gasteiger partial charge in [-0.05, 0) is 38.5 Å². The lowest BCUT2D eigenvalue weighted by atomic mass is 9.85. The number of carbonyl (C=O) groups is 1. The molecule has 410 valence electrons. The molecule has 13 heteroatoms. The third-order valence-corrected chi connectivity index (χ3v) is 14.9. The fourth-order valence-corrected chi connectivity index (χ4v) is 10.3. The summed E-state index contributed by atoms with van der Waals surface area (Å²) >= 11 is 0. The number of aliphatic hydroxyl groups is 5. The van der Waals surface area contributed by atoms with Gasteiger partial charge < -0.3 is 39.9 Å². The van der Waals surface area contributed by atoms with Gasteiger partial charge in [-0.1, -0.05) is 244 Å². The molecule has 0 amide bonds. The summed E-state index contributed by atoms with van der Waals surface area (Å²) in [4.78, 5) is 23.3. The van der Waals surface area contributed by atoms with Crippen molar-refractivity contribution in [2.24, 2.45) is 0 Å². The van der Waals surface area contributed by atoms with E-state index in [1.807, 2.05) is 0 Å². The van der Waals surface area contributed by atoms with Crippen LogP contribution in [0.4, 0.5) is 0 Å². The quantitative estimate of drug-likeness (QED) is 0.0146. The van der Waals surface area contributed by atoms with Gasteiger partial charge in [-0.25, -0.2) is 4.57 Å². The zero-order valence-electron chi connectivity index (χ0n) is 44.4. The van der Waals surface area contributed by atoms with Gasteiger partial charge in [-0.2, -0.15) is 0 Å². The summed E-state index contributed by atoms with van der Waals surface area (Å²) in [5, 5.41) is 50.4. The second kappa shape index (κ2) is 46.8. The predicted molar refractivity (Wildman–Crippen MR) is 281 cm³/mol. The predicted octanol–water partition coefficient (Wildman–Crippen LogP) is 13.8. The van der Waals surface area contributed by atoms with E-state index < -0.39 is 63.1 Å². The Morgan fingerprint density at radius 2 is 0.768 bits per heavy atom. The van der Waals surface area contributed by atoms with Crippen LogP contribution in [0.3, 0.4) is 0 Å². The Labute approximate surface area is 422 Å². The van der Waals surface area contributed by atoms with Gasteiger partial charge in [0.2, 0.25) is 0 Å². The Balaban J connectivity index is 2.27. The Hall–Kier alpha value is -0.920. The molecule has 1 saturated carbocycles. The van der Waals surface area contributed by atoms with Crippen LogP contribution in [0.1, 0.15) is 277 Å². The van der Waals surface area contributed by atoms with E-state index in [1.54, 1.807) is 0 Å². The Morgan fingerprint density at radius 1 is 0.449 bits per heavy atom. The molecule has 0 aliphatic heterocycles. The maximum Gasteiger partial charge on any atom is 0.472 e. The number of phosphoric ester groups is 1. The highest BCUT2D eigenvalue weighted by atomic mass is 31.2. The van der Waals surface area contributed by atoms with Crippen LogP contribution in [-0.2, 0) is 27.9 Å². The van der Waals surface area contributed by atoms with E-state index in [-0.39, 0.29) is 13.0 Å². The minimum absolute atomic E-state index is 0.0706. The maximum absolute atomic E-state index is 12.9. The Kier molecular flexibility index (Phi) is 44.9. The van der Waals surface area contributed by atoms with Crippen molar-refractivity contribution in [3.63, 3.8) is 0 Å². The zero-order chi connectivity index (χ0) is 50.5. The molecule has 0 aromatic rings. The summed E-state index contributed by atoms with van der Waals surface area (Å²) in [5.41, 5.74) is 0. The number of allylic oxidation sites excluding steroid dienone is 2. The van der Waals surface area contributed by atoms with E-state index in [4.69, 9.17) is 18.5 Å². The van der Waals surface area contributed by atoms with Crippen molar-refractivity contribution in [2.45, 2.75) is 320 Å². The average Bonchev–Trinajstić information content (AvgIpc) is 3.34. The number of rotatable bonds is 51. The van der Waals surface area contributed by atoms with Gasteiger partial charge in [0.05, 0.1) is 13.2 Å². The lowest BCUT2D eigenvalue weighted by molar-refractivity contribution is -0.220. The lowest BCUT2D eigenvalue weighted by Gasteiger charge is -2.41. The smallest absolute Gasteiger partial charge is 0.457 e. The van der Waals surface area contributed by atoms with E-state index >= 15 is 0 Å². The second-order valence-corrected chi connectivity index (χ2v) is 21.9. The minimum Gasteiger partial charge on any atom is -0.457 e. The van der Waals surface area contributed by atoms with Crippen LogP contribution in [-0.4, -0.2) is 98.9 Å². The van der Waals surface area contributed by atoms with Gasteiger partial charge in [-0.3, -0.25) is 13.8 Å². The van der Waals surface area contributed by atoms with E-state index in [9.17, 15) is 39.8 Å². The summed E-state index contributed by atoms with van der Waals surface area (Å²) in [7, 11) is -5.02. The number of ether oxygens (including phenoxy) is 2. The molecule has 69 heavy (non-hydrogen) atoms. The van der Waals surface area contributed by atoms with Gasteiger partial charge >= 0.3 is 13.8 Å². The molecule has 6 unspecified atom stereocenters. The number of phosphoric acid groups is 1. The Bertz CT molecular complexity index is 1190. The highest BCUT2D eigenvalue weighted by Gasteiger charge is 2.51. The van der Waals surface area contributed by atoms with Crippen molar-refractivity contribution in [1.29, 1.82) is 0 Å². The van der Waals surface area contributed by atoms with Gasteiger partial charge in [0, 0.05) is 13.0 Å². The zero-order valence-corrected chi connectivity index (χ0v) is 45.3. The number of esters is 1. The number of hydrogen-bond acceptors (Lipinski definition) is 11. The van der Waals surface area contributed by atoms with Gasteiger partial charge in [0.25, 0.3) is 0 Å². The number of hydrogen-bond donors (Lipinski definition) is 6. The van der Waals surface area contributed by atoms with Crippen LogP contribution < -0.4 is 0 Å². The third kappa shape index (κ3) is 38.3. The van der Waals surface area contributed by atoms with Crippen LogP contribution in [0.2, 0.25) is 0 Å². The summed E-state index contributed by atoms with van der Waals surface area (Å²) < 4.78 is 34.4. The highest BCUT2D eigenvalue weighted by molar-refractivity contribution is 7.47. The molecular weight excluding hydrogens is 896 g/mol. The monoisotopic (exact) mass is 1000 g/mol. The molecule has 0 heterocycles. The van der Waals surface area contributed by atoms with E-state index in [2.05, 4.69) is 26.0 Å². The molecule has 0 saturated heterocycles. The summed E-state index contributed by atoms with van der Waals surface area (Å²) in [5.74, 6) is -0.472. The standard InChI is InChI=1S/C56H109O12P/c1-3-5-7-9-11-13-15-17-19-21-23-25-27-29-31-33-35-37-39-41-43-45-50(57)67-49(48-66-69(63,64)68-56-54(61)52(59)51(58)53(60)55(56)62)47-65-46-44-42-40-38-36-34-32-30-28-26-24-22-20-18-16-14-12-10-8-6-4-2/h21,23,49,51-56,58-62H,3-20,22,24-48H2,1-2H3,(H,63,64)/b23-21-. The molecule has 1 aliphatic carbocycles. The molecule has 0 bridgehead atoms. The fraction of sp³-hybridized carbons (Fsp3) is 0.946. The van der Waals surface area contributed by atoms with Crippen LogP contribution >= 0.6 is 7.82 Å². The molecule has 0 aromatic carbocycles. The molecule has 1 fully saturated rings. The first kappa shape index (κ1) is 66.1. The van der Waals surface area contributed by atoms with Crippen molar-refractivity contribution >= 4 is 13.8 Å². The van der Waals surface area contributed by atoms with Gasteiger partial charge in [-0.15, -0.1) is 0 Å². The highest BCUT2D eigenvalue weighted by Crippen LogP contribution is 2.47.